The Morgan fingerprint density at radius 3 is 2.75 bits per heavy atom. The summed E-state index contributed by atoms with van der Waals surface area (Å²) in [7, 11) is 0. The molecule has 1 atom stereocenters. The molecule has 2 heteroatoms. The van der Waals surface area contributed by atoms with Crippen molar-refractivity contribution >= 4 is 5.69 Å². The van der Waals surface area contributed by atoms with Crippen LogP contribution in [0.2, 0.25) is 0 Å². The summed E-state index contributed by atoms with van der Waals surface area (Å²) < 4.78 is 0. The molecule has 1 heterocycles. The largest absolute Gasteiger partial charge is 0.371 e. The third-order valence-electron chi connectivity index (χ3n) is 4.54. The molecule has 1 aliphatic heterocycles. The molecule has 1 aromatic carbocycles. The maximum Gasteiger partial charge on any atom is 0.0398 e. The minimum absolute atomic E-state index is 0.385. The maximum absolute atomic E-state index is 5.70. The number of hydrogen-bond acceptors (Lipinski definition) is 2. The topological polar surface area (TPSA) is 29.3 Å². The summed E-state index contributed by atoms with van der Waals surface area (Å²) in [6, 6.07) is 8.90. The fourth-order valence-electron chi connectivity index (χ4n) is 3.38. The number of para-hydroxylation sites is 1. The van der Waals surface area contributed by atoms with E-state index in [9.17, 15) is 0 Å². The molecule has 1 aromatic rings. The van der Waals surface area contributed by atoms with Crippen molar-refractivity contribution in [3.63, 3.8) is 0 Å². The van der Waals surface area contributed by atoms with Crippen LogP contribution in [0.25, 0.3) is 0 Å². The molecule has 0 radical (unpaired) electrons. The summed E-state index contributed by atoms with van der Waals surface area (Å²) in [4.78, 5) is 2.59. The van der Waals surface area contributed by atoms with Crippen LogP contribution in [0.5, 0.6) is 0 Å². The normalized spacial score (nSPS) is 19.0. The predicted molar refractivity (Wildman–Crippen MR) is 88.2 cm³/mol. The highest BCUT2D eigenvalue weighted by atomic mass is 15.1. The number of nitrogens with two attached hydrogens (primary N) is 1. The molecule has 0 saturated heterocycles. The van der Waals surface area contributed by atoms with Gasteiger partial charge in [-0.25, -0.2) is 0 Å². The van der Waals surface area contributed by atoms with Crippen LogP contribution in [0.15, 0.2) is 24.3 Å². The van der Waals surface area contributed by atoms with Crippen LogP contribution in [0.4, 0.5) is 5.69 Å². The molecule has 0 fully saturated rings. The van der Waals surface area contributed by atoms with Gasteiger partial charge in [-0.05, 0) is 55.2 Å². The Bertz CT molecular complexity index is 425. The molecule has 0 aliphatic carbocycles. The van der Waals surface area contributed by atoms with Gasteiger partial charge in [0.2, 0.25) is 0 Å². The lowest BCUT2D eigenvalue weighted by Crippen LogP contribution is -2.35. The zero-order chi connectivity index (χ0) is 14.6. The van der Waals surface area contributed by atoms with Gasteiger partial charge in [-0.15, -0.1) is 0 Å². The van der Waals surface area contributed by atoms with Crippen LogP contribution in [-0.2, 0) is 6.42 Å². The predicted octanol–water partition coefficient (Wildman–Crippen LogP) is 3.84. The van der Waals surface area contributed by atoms with E-state index in [-0.39, 0.29) is 0 Å². The van der Waals surface area contributed by atoms with Crippen LogP contribution < -0.4 is 10.6 Å². The molecule has 1 unspecified atom stereocenters. The quantitative estimate of drug-likeness (QED) is 0.854. The van der Waals surface area contributed by atoms with Crippen LogP contribution in [0.1, 0.15) is 45.6 Å². The standard InChI is InChI=1S/C18H30N2/c1-15-13-16-7-4-5-8-17(16)20(14-15)12-6-9-18(2,3)10-11-19/h4-5,7-8,15H,6,9-14,19H2,1-3H3. The Balaban J connectivity index is 1.93. The van der Waals surface area contributed by atoms with Gasteiger partial charge in [0.05, 0.1) is 0 Å². The van der Waals surface area contributed by atoms with E-state index in [1.165, 1.54) is 43.6 Å². The van der Waals surface area contributed by atoms with E-state index < -0.39 is 0 Å². The van der Waals surface area contributed by atoms with Gasteiger partial charge >= 0.3 is 0 Å². The van der Waals surface area contributed by atoms with Crippen LogP contribution in [0.3, 0.4) is 0 Å². The van der Waals surface area contributed by atoms with Crippen molar-refractivity contribution in [3.05, 3.63) is 29.8 Å². The monoisotopic (exact) mass is 274 g/mol. The van der Waals surface area contributed by atoms with Gasteiger partial charge in [-0.2, -0.15) is 0 Å². The summed E-state index contributed by atoms with van der Waals surface area (Å²) in [5.74, 6) is 0.766. The molecule has 0 aromatic heterocycles. The summed E-state index contributed by atoms with van der Waals surface area (Å²) in [6.45, 7) is 10.2. The Kier molecular flexibility index (Phi) is 5.09. The number of benzene rings is 1. The lowest BCUT2D eigenvalue weighted by molar-refractivity contribution is 0.304. The maximum atomic E-state index is 5.70. The third-order valence-corrected chi connectivity index (χ3v) is 4.54. The molecule has 0 bridgehead atoms. The van der Waals surface area contributed by atoms with Crippen LogP contribution in [0, 0.1) is 11.3 Å². The van der Waals surface area contributed by atoms with Crippen molar-refractivity contribution in [1.82, 2.24) is 0 Å². The Morgan fingerprint density at radius 1 is 1.25 bits per heavy atom. The first-order chi connectivity index (χ1) is 9.52. The molecule has 0 amide bonds. The summed E-state index contributed by atoms with van der Waals surface area (Å²) in [5, 5.41) is 0. The first-order valence-corrected chi connectivity index (χ1v) is 8.05. The van der Waals surface area contributed by atoms with Gasteiger partial charge in [0.25, 0.3) is 0 Å². The fraction of sp³-hybridized carbons (Fsp3) is 0.667. The molecule has 2 N–H and O–H groups in total. The summed E-state index contributed by atoms with van der Waals surface area (Å²) in [5.41, 5.74) is 9.07. The number of anilines is 1. The summed E-state index contributed by atoms with van der Waals surface area (Å²) in [6.07, 6.45) is 4.87. The van der Waals surface area contributed by atoms with Gasteiger partial charge < -0.3 is 10.6 Å². The second kappa shape index (κ2) is 6.62. The van der Waals surface area contributed by atoms with Crippen molar-refractivity contribution in [2.45, 2.75) is 46.5 Å². The molecular formula is C18H30N2. The molecule has 20 heavy (non-hydrogen) atoms. The fourth-order valence-corrected chi connectivity index (χ4v) is 3.38. The second-order valence-electron chi connectivity index (χ2n) is 7.19. The van der Waals surface area contributed by atoms with E-state index in [1.54, 1.807) is 0 Å². The van der Waals surface area contributed by atoms with Gasteiger partial charge in [-0.1, -0.05) is 39.0 Å². The van der Waals surface area contributed by atoms with Crippen LogP contribution in [-0.4, -0.2) is 19.6 Å². The van der Waals surface area contributed by atoms with E-state index in [4.69, 9.17) is 5.73 Å². The highest BCUT2D eigenvalue weighted by molar-refractivity contribution is 5.55. The summed E-state index contributed by atoms with van der Waals surface area (Å²) >= 11 is 0. The molecule has 0 saturated carbocycles. The first-order valence-electron chi connectivity index (χ1n) is 8.05. The van der Waals surface area contributed by atoms with E-state index in [0.717, 1.165) is 18.9 Å². The molecular weight excluding hydrogens is 244 g/mol. The van der Waals surface area contributed by atoms with Crippen LogP contribution >= 0.6 is 0 Å². The van der Waals surface area contributed by atoms with E-state index >= 15 is 0 Å². The number of nitrogens with zero attached hydrogens (tertiary/aromatic N) is 1. The van der Waals surface area contributed by atoms with E-state index in [2.05, 4.69) is 49.9 Å². The average Bonchev–Trinajstić information content (AvgIpc) is 2.38. The van der Waals surface area contributed by atoms with Crippen molar-refractivity contribution in [2.24, 2.45) is 17.1 Å². The van der Waals surface area contributed by atoms with Gasteiger partial charge in [0.1, 0.15) is 0 Å². The third kappa shape index (κ3) is 3.99. The van der Waals surface area contributed by atoms with Crippen molar-refractivity contribution in [3.8, 4) is 0 Å². The first kappa shape index (κ1) is 15.4. The lowest BCUT2D eigenvalue weighted by atomic mass is 9.84. The zero-order valence-electron chi connectivity index (χ0n) is 13.4. The molecule has 2 rings (SSSR count). The van der Waals surface area contributed by atoms with E-state index in [0.29, 0.717) is 5.41 Å². The van der Waals surface area contributed by atoms with Gasteiger partial charge in [0, 0.05) is 18.8 Å². The average molecular weight is 274 g/mol. The van der Waals surface area contributed by atoms with E-state index in [1.807, 2.05) is 0 Å². The Morgan fingerprint density at radius 2 is 2.00 bits per heavy atom. The number of fused-ring (bicyclic) bond motifs is 1. The second-order valence-corrected chi connectivity index (χ2v) is 7.19. The highest BCUT2D eigenvalue weighted by Crippen LogP contribution is 2.31. The minimum atomic E-state index is 0.385. The van der Waals surface area contributed by atoms with Gasteiger partial charge in [0.15, 0.2) is 0 Å². The zero-order valence-corrected chi connectivity index (χ0v) is 13.4. The molecule has 1 aliphatic rings. The van der Waals surface area contributed by atoms with Crippen molar-refractivity contribution in [2.75, 3.05) is 24.5 Å². The smallest absolute Gasteiger partial charge is 0.0398 e. The molecule has 112 valence electrons. The Labute approximate surface area is 124 Å². The molecule has 2 nitrogen and oxygen atoms in total. The minimum Gasteiger partial charge on any atom is -0.371 e. The lowest BCUT2D eigenvalue weighted by Gasteiger charge is -2.35. The molecule has 0 spiro atoms. The number of hydrogen-bond donors (Lipinski definition) is 1. The highest BCUT2D eigenvalue weighted by Gasteiger charge is 2.22. The number of rotatable bonds is 6. The SMILES string of the molecule is CC1Cc2ccccc2N(CCCC(C)(C)CCN)C1. The Hall–Kier alpha value is -1.02. The van der Waals surface area contributed by atoms with Crippen molar-refractivity contribution in [1.29, 1.82) is 0 Å². The van der Waals surface area contributed by atoms with Crippen molar-refractivity contribution < 1.29 is 0 Å². The van der Waals surface area contributed by atoms with Gasteiger partial charge in [-0.3, -0.25) is 0 Å².